The molecular formula is C56H67IN8O12. The number of allylic oxidation sites excluding steroid dienone is 4. The number of carbonyl (C=O) groups is 7. The van der Waals surface area contributed by atoms with Gasteiger partial charge in [-0.3, -0.25) is 34.2 Å². The smallest absolute Gasteiger partial charge is 0.416 e. The largest absolute Gasteiger partial charge is 0.493 e. The van der Waals surface area contributed by atoms with Gasteiger partial charge in [0.25, 0.3) is 17.7 Å². The number of aryl methyl sites for hydroxylation is 1. The van der Waals surface area contributed by atoms with E-state index in [-0.39, 0.29) is 90.3 Å². The van der Waals surface area contributed by atoms with Crippen LogP contribution in [0.25, 0.3) is 0 Å². The summed E-state index contributed by atoms with van der Waals surface area (Å²) in [6.45, 7) is 11.5. The minimum absolute atomic E-state index is 0.0166. The van der Waals surface area contributed by atoms with Gasteiger partial charge in [-0.05, 0) is 86.4 Å². The Balaban J connectivity index is 0.982. The first-order valence-electron chi connectivity index (χ1n) is 25.5. The summed E-state index contributed by atoms with van der Waals surface area (Å²) >= 11 is 1.87. The third-order valence-electron chi connectivity index (χ3n) is 13.5. The van der Waals surface area contributed by atoms with E-state index in [1.165, 1.54) is 24.1 Å². The van der Waals surface area contributed by atoms with Crippen LogP contribution >= 0.6 is 22.6 Å². The molecule has 0 bridgehead atoms. The second-order valence-electron chi connectivity index (χ2n) is 19.4. The van der Waals surface area contributed by atoms with Gasteiger partial charge >= 0.3 is 6.09 Å². The van der Waals surface area contributed by atoms with E-state index in [9.17, 15) is 38.7 Å². The van der Waals surface area contributed by atoms with Gasteiger partial charge < -0.3 is 49.8 Å². The van der Waals surface area contributed by atoms with E-state index in [0.29, 0.717) is 35.5 Å². The fourth-order valence-electron chi connectivity index (χ4n) is 9.35. The third kappa shape index (κ3) is 13.7. The summed E-state index contributed by atoms with van der Waals surface area (Å²) in [5, 5.41) is 21.0. The molecule has 21 heteroatoms. The predicted octanol–water partition coefficient (Wildman–Crippen LogP) is 5.91. The lowest BCUT2D eigenvalue weighted by atomic mass is 9.95. The molecule has 6 N–H and O–H groups in total. The van der Waals surface area contributed by atoms with Crippen molar-refractivity contribution in [3.05, 3.63) is 124 Å². The van der Waals surface area contributed by atoms with Gasteiger partial charge in [0.15, 0.2) is 17.7 Å². The first-order chi connectivity index (χ1) is 37.0. The van der Waals surface area contributed by atoms with E-state index in [1.807, 2.05) is 90.9 Å². The number of ketones is 2. The number of Topliss-reactive ketones (excluding diaryl/α,β-unsaturated/α-hetero) is 2. The minimum Gasteiger partial charge on any atom is -0.493 e. The van der Waals surface area contributed by atoms with Crippen LogP contribution in [-0.2, 0) is 37.1 Å². The normalized spacial score (nSPS) is 18.5. The number of amides is 5. The van der Waals surface area contributed by atoms with Crippen LogP contribution in [0.15, 0.2) is 96.4 Å². The first-order valence-corrected chi connectivity index (χ1v) is 27.1. The van der Waals surface area contributed by atoms with Crippen molar-refractivity contribution in [2.45, 2.75) is 104 Å². The number of ether oxygens (including phenoxy) is 4. The highest BCUT2D eigenvalue weighted by atomic mass is 127. The van der Waals surface area contributed by atoms with Crippen molar-refractivity contribution < 1.29 is 57.6 Å². The highest BCUT2D eigenvalue weighted by Crippen LogP contribution is 2.42. The molecule has 0 fully saturated rings. The van der Waals surface area contributed by atoms with Crippen LogP contribution < -0.4 is 45.9 Å². The topological polar surface area (TPSA) is 247 Å². The number of anilines is 2. The fourth-order valence-corrected chi connectivity index (χ4v) is 9.62. The number of aliphatic hydroxyl groups is 1. The molecule has 4 heterocycles. The number of carbonyl (C=O) groups excluding carboxylic acids is 7. The molecule has 0 saturated heterocycles. The Kier molecular flexibility index (Phi) is 19.7. The Morgan fingerprint density at radius 3 is 2.17 bits per heavy atom. The summed E-state index contributed by atoms with van der Waals surface area (Å²) in [4.78, 5) is 96.6. The highest BCUT2D eigenvalue weighted by Gasteiger charge is 2.45. The van der Waals surface area contributed by atoms with Crippen molar-refractivity contribution in [1.29, 1.82) is 0 Å². The van der Waals surface area contributed by atoms with Gasteiger partial charge in [-0.2, -0.15) is 0 Å². The van der Waals surface area contributed by atoms with E-state index in [4.69, 9.17) is 18.9 Å². The maximum Gasteiger partial charge on any atom is 0.416 e. The molecule has 5 amide bonds. The van der Waals surface area contributed by atoms with Gasteiger partial charge in [0, 0.05) is 44.0 Å². The van der Waals surface area contributed by atoms with Crippen molar-refractivity contribution in [3.8, 4) is 17.2 Å². The van der Waals surface area contributed by atoms with Crippen molar-refractivity contribution in [1.82, 2.24) is 31.3 Å². The average Bonchev–Trinajstić information content (AvgIpc) is 4.11. The molecule has 0 saturated carbocycles. The molecule has 7 rings (SSSR count). The molecule has 4 aliphatic rings. The number of alkyl halides is 1. The van der Waals surface area contributed by atoms with Gasteiger partial charge in [-0.15, -0.1) is 0 Å². The lowest BCUT2D eigenvalue weighted by Crippen LogP contribution is -2.56. The van der Waals surface area contributed by atoms with Crippen molar-refractivity contribution in [2.75, 3.05) is 48.1 Å². The van der Waals surface area contributed by atoms with E-state index >= 15 is 0 Å². The maximum absolute atomic E-state index is 14.3. The van der Waals surface area contributed by atoms with Crippen molar-refractivity contribution in [2.24, 2.45) is 5.92 Å². The van der Waals surface area contributed by atoms with E-state index in [0.717, 1.165) is 33.6 Å². The van der Waals surface area contributed by atoms with Gasteiger partial charge in [0.2, 0.25) is 17.5 Å². The van der Waals surface area contributed by atoms with Crippen LogP contribution in [0.3, 0.4) is 0 Å². The number of fused-ring (bicyclic) bond motifs is 4. The Bertz CT molecular complexity index is 2870. The number of halogens is 1. The number of hydrazine groups is 1. The lowest BCUT2D eigenvalue weighted by Gasteiger charge is -2.31. The van der Waals surface area contributed by atoms with Crippen LogP contribution in [0.5, 0.6) is 17.2 Å². The molecule has 410 valence electrons. The zero-order valence-electron chi connectivity index (χ0n) is 44.3. The molecule has 1 unspecified atom stereocenters. The number of hydrogen-bond donors (Lipinski definition) is 6. The lowest BCUT2D eigenvalue weighted by molar-refractivity contribution is -0.140. The molecule has 5 atom stereocenters. The number of nitrogens with one attached hydrogen (secondary N) is 5. The summed E-state index contributed by atoms with van der Waals surface area (Å²) in [7, 11) is 1.44. The number of benzene rings is 3. The molecule has 0 aromatic heterocycles. The van der Waals surface area contributed by atoms with Crippen LogP contribution in [0, 0.1) is 12.8 Å². The molecular weight excluding hydrogens is 1100 g/mol. The second-order valence-corrected chi connectivity index (χ2v) is 20.2. The van der Waals surface area contributed by atoms with Gasteiger partial charge in [0.05, 0.1) is 78.0 Å². The fraction of sp³-hybridized carbons (Fsp3) is 0.411. The predicted molar refractivity (Wildman–Crippen MR) is 296 cm³/mol. The van der Waals surface area contributed by atoms with E-state index in [2.05, 4.69) is 26.8 Å². The SMILES string of the molecule is C/C=C/C1=CN2C(=O)c3cc(C)c(OCCCOc4cc5c(cc4OC)C(=O)N4C=C(/C=C/C)C[C@H]4[C@H](O)N5C(=O)OCc4ccc(CNC(C)C(=O)C(=O)[C@@H](NNC(=O)CNC(=O)CI)C(C)C)cc4)cc3NC[C@@H]2C1. The Hall–Kier alpha value is -7.08. The average molecular weight is 1170 g/mol. The third-order valence-corrected chi connectivity index (χ3v) is 14.2. The van der Waals surface area contributed by atoms with Gasteiger partial charge in [-0.25, -0.2) is 15.1 Å². The monoisotopic (exact) mass is 1170 g/mol. The Morgan fingerprint density at radius 1 is 0.831 bits per heavy atom. The zero-order chi connectivity index (χ0) is 55.5. The maximum atomic E-state index is 14.3. The summed E-state index contributed by atoms with van der Waals surface area (Å²) in [6.07, 6.45) is 10.3. The molecule has 3 aromatic carbocycles. The zero-order valence-corrected chi connectivity index (χ0v) is 46.4. The minimum atomic E-state index is -1.53. The van der Waals surface area contributed by atoms with Crippen LogP contribution in [-0.4, -0.2) is 124 Å². The Labute approximate surface area is 461 Å². The van der Waals surface area contributed by atoms with Gasteiger partial charge in [-0.1, -0.05) is 85.0 Å². The number of aliphatic hydroxyl groups excluding tert-OH is 1. The molecule has 0 aliphatic carbocycles. The molecule has 3 aromatic rings. The number of methoxy groups -OCH3 is 1. The molecule has 0 radical (unpaired) electrons. The molecule has 4 aliphatic heterocycles. The highest BCUT2D eigenvalue weighted by molar-refractivity contribution is 14.1. The first kappa shape index (κ1) is 57.6. The van der Waals surface area contributed by atoms with Crippen LogP contribution in [0.2, 0.25) is 0 Å². The Morgan fingerprint density at radius 2 is 1.49 bits per heavy atom. The molecule has 20 nitrogen and oxygen atoms in total. The standard InChI is InChI=1S/C56H67IN8O12/c1-8-11-37-20-39-27-59-42-23-45(33(5)19-40(42)53(70)63(39)29-37)75-17-10-18-76-47-24-43-41(22-46(47)74-7)54(71)64-30-38(12-9-2)21-44(64)55(72)65(43)56(73)77-31-36-15-13-35(14-16-36)26-58-34(6)51(68)52(69)50(32(3)4)62-61-49(67)28-60-48(66)25-57/h8-9,11-16,19,22-24,29-30,32,34,39,44,50,55,58-59,62,72H,10,17-18,20-21,25-28,31H2,1-7H3,(H,60,66)(H,61,67)/b11-8+,12-9+/t34?,39-,44-,50-,55-/m0/s1. The molecule has 77 heavy (non-hydrogen) atoms. The van der Waals surface area contributed by atoms with Crippen molar-refractivity contribution in [3.63, 3.8) is 0 Å². The summed E-state index contributed by atoms with van der Waals surface area (Å²) in [6, 6.07) is 11.0. The van der Waals surface area contributed by atoms with E-state index in [1.54, 1.807) is 51.2 Å². The van der Waals surface area contributed by atoms with Gasteiger partial charge in [0.1, 0.15) is 12.4 Å². The molecule has 0 spiro atoms. The van der Waals surface area contributed by atoms with Crippen molar-refractivity contribution >= 4 is 75.3 Å². The number of hydrogen-bond acceptors (Lipinski definition) is 15. The van der Waals surface area contributed by atoms with E-state index < -0.39 is 53.8 Å². The second kappa shape index (κ2) is 26.3. The number of rotatable bonds is 23. The van der Waals surface area contributed by atoms with Crippen LogP contribution in [0.1, 0.15) is 91.3 Å². The van der Waals surface area contributed by atoms with Crippen LogP contribution in [0.4, 0.5) is 16.2 Å². The summed E-state index contributed by atoms with van der Waals surface area (Å²) < 4.78 is 24.2. The number of nitrogens with zero attached hydrogens (tertiary/aromatic N) is 3. The summed E-state index contributed by atoms with van der Waals surface area (Å²) in [5.41, 5.74) is 10.5. The summed E-state index contributed by atoms with van der Waals surface area (Å²) in [5.74, 6) is -2.10. The quantitative estimate of drug-likeness (QED) is 0.0212.